The van der Waals surface area contributed by atoms with Gasteiger partial charge in [0.05, 0.1) is 0 Å². The summed E-state index contributed by atoms with van der Waals surface area (Å²) in [6.07, 6.45) is 29.0. The van der Waals surface area contributed by atoms with Crippen molar-refractivity contribution in [3.63, 3.8) is 0 Å². The van der Waals surface area contributed by atoms with E-state index in [1.807, 2.05) is 0 Å². The molecular formula is C33H62O4. The van der Waals surface area contributed by atoms with Gasteiger partial charge in [-0.3, -0.25) is 14.4 Å². The number of Topliss-reactive ketones (excluding diaryl/α,β-unsaturated/α-hetero) is 2. The smallest absolute Gasteiger partial charge is 0.303 e. The molecule has 218 valence electrons. The van der Waals surface area contributed by atoms with E-state index in [4.69, 9.17) is 5.11 Å². The van der Waals surface area contributed by atoms with Crippen molar-refractivity contribution in [2.24, 2.45) is 5.92 Å². The van der Waals surface area contributed by atoms with Gasteiger partial charge in [0.1, 0.15) is 11.6 Å². The molecule has 1 unspecified atom stereocenters. The van der Waals surface area contributed by atoms with Gasteiger partial charge in [-0.1, -0.05) is 142 Å². The molecule has 0 rings (SSSR count). The predicted molar refractivity (Wildman–Crippen MR) is 157 cm³/mol. The summed E-state index contributed by atoms with van der Waals surface area (Å²) in [6.45, 7) is 4.50. The number of carboxylic acid groups (broad SMARTS) is 1. The van der Waals surface area contributed by atoms with Crippen LogP contribution in [0.5, 0.6) is 0 Å². The molecule has 4 nitrogen and oxygen atoms in total. The molecule has 0 aromatic carbocycles. The average molecular weight is 523 g/mol. The molecule has 0 amide bonds. The lowest BCUT2D eigenvalue weighted by molar-refractivity contribution is -0.138. The largest absolute Gasteiger partial charge is 0.481 e. The first-order valence-electron chi connectivity index (χ1n) is 16.3. The number of hydrogen-bond acceptors (Lipinski definition) is 3. The second kappa shape index (κ2) is 27.8. The summed E-state index contributed by atoms with van der Waals surface area (Å²) in [5, 5.41) is 9.08. The van der Waals surface area contributed by atoms with Crippen molar-refractivity contribution in [2.45, 2.75) is 187 Å². The van der Waals surface area contributed by atoms with E-state index in [0.717, 1.165) is 25.7 Å². The Morgan fingerprint density at radius 2 is 0.838 bits per heavy atom. The number of ketones is 2. The zero-order valence-corrected chi connectivity index (χ0v) is 24.8. The Morgan fingerprint density at radius 1 is 0.486 bits per heavy atom. The van der Waals surface area contributed by atoms with Gasteiger partial charge >= 0.3 is 5.97 Å². The van der Waals surface area contributed by atoms with Crippen LogP contribution in [0.4, 0.5) is 0 Å². The quantitative estimate of drug-likeness (QED) is 0.0952. The molecule has 1 N–H and O–H groups in total. The first-order valence-corrected chi connectivity index (χ1v) is 16.3. The lowest BCUT2D eigenvalue weighted by Crippen LogP contribution is -2.20. The lowest BCUT2D eigenvalue weighted by Gasteiger charge is -2.14. The zero-order chi connectivity index (χ0) is 27.4. The predicted octanol–water partition coefficient (Wildman–Crippen LogP) is 10.4. The van der Waals surface area contributed by atoms with Gasteiger partial charge in [-0.2, -0.15) is 0 Å². The molecule has 0 spiro atoms. The van der Waals surface area contributed by atoms with Crippen LogP contribution in [0.1, 0.15) is 187 Å². The van der Waals surface area contributed by atoms with E-state index in [1.54, 1.807) is 0 Å². The van der Waals surface area contributed by atoms with Gasteiger partial charge < -0.3 is 5.11 Å². The van der Waals surface area contributed by atoms with E-state index in [1.165, 1.54) is 116 Å². The highest BCUT2D eigenvalue weighted by Crippen LogP contribution is 2.20. The Bertz CT molecular complexity index is 542. The summed E-state index contributed by atoms with van der Waals surface area (Å²) in [5.74, 6) is -1.05. The van der Waals surface area contributed by atoms with Crippen molar-refractivity contribution in [1.82, 2.24) is 0 Å². The normalized spacial score (nSPS) is 12.1. The van der Waals surface area contributed by atoms with Crippen LogP contribution in [0.15, 0.2) is 0 Å². The molecule has 0 radical (unpaired) electrons. The van der Waals surface area contributed by atoms with Crippen LogP contribution in [0.25, 0.3) is 0 Å². The summed E-state index contributed by atoms with van der Waals surface area (Å²) < 4.78 is 0. The third kappa shape index (κ3) is 26.2. The number of hydrogen-bond donors (Lipinski definition) is 1. The summed E-state index contributed by atoms with van der Waals surface area (Å²) in [5.41, 5.74) is 0. The van der Waals surface area contributed by atoms with Gasteiger partial charge in [0.25, 0.3) is 0 Å². The number of aliphatic carboxylic acids is 1. The Hall–Kier alpha value is -1.19. The molecule has 0 aliphatic rings. The first-order chi connectivity index (χ1) is 18.0. The number of unbranched alkanes of at least 4 members (excludes halogenated alkanes) is 20. The second-order valence-electron chi connectivity index (χ2n) is 11.4. The minimum atomic E-state index is -0.884. The van der Waals surface area contributed by atoms with Gasteiger partial charge in [-0.15, -0.1) is 0 Å². The van der Waals surface area contributed by atoms with Crippen molar-refractivity contribution >= 4 is 17.5 Å². The van der Waals surface area contributed by atoms with Gasteiger partial charge in [0.15, 0.2) is 0 Å². The fraction of sp³-hybridized carbons (Fsp3) is 0.909. The lowest BCUT2D eigenvalue weighted by atomic mass is 9.88. The van der Waals surface area contributed by atoms with Crippen LogP contribution in [-0.4, -0.2) is 22.6 Å². The van der Waals surface area contributed by atoms with E-state index >= 15 is 0 Å². The molecule has 37 heavy (non-hydrogen) atoms. The van der Waals surface area contributed by atoms with Crippen LogP contribution in [0.2, 0.25) is 0 Å². The van der Waals surface area contributed by atoms with Crippen molar-refractivity contribution < 1.29 is 19.5 Å². The van der Waals surface area contributed by atoms with Gasteiger partial charge in [-0.05, 0) is 19.3 Å². The van der Waals surface area contributed by atoms with E-state index in [9.17, 15) is 14.4 Å². The molecule has 0 fully saturated rings. The van der Waals surface area contributed by atoms with E-state index in [-0.39, 0.29) is 24.4 Å². The summed E-state index contributed by atoms with van der Waals surface area (Å²) in [4.78, 5) is 36.3. The van der Waals surface area contributed by atoms with Gasteiger partial charge in [0.2, 0.25) is 0 Å². The van der Waals surface area contributed by atoms with E-state index in [0.29, 0.717) is 19.3 Å². The number of rotatable bonds is 30. The third-order valence-electron chi connectivity index (χ3n) is 7.72. The Morgan fingerprint density at radius 3 is 1.22 bits per heavy atom. The molecule has 0 saturated carbocycles. The number of carbonyl (C=O) groups is 3. The molecule has 1 atom stereocenters. The third-order valence-corrected chi connectivity index (χ3v) is 7.72. The molecule has 0 saturated heterocycles. The fourth-order valence-corrected chi connectivity index (χ4v) is 5.21. The van der Waals surface area contributed by atoms with E-state index in [2.05, 4.69) is 13.8 Å². The van der Waals surface area contributed by atoms with Crippen LogP contribution in [-0.2, 0) is 14.4 Å². The Balaban J connectivity index is 3.95. The topological polar surface area (TPSA) is 71.4 Å². The summed E-state index contributed by atoms with van der Waals surface area (Å²) in [6, 6.07) is 0. The Labute approximate surface area is 230 Å². The SMILES string of the molecule is CCCCCCCCCCCCCC(=O)CC(CCC(=O)O)C(=O)CCCCCCCCCCCCC. The maximum atomic E-state index is 12.8. The average Bonchev–Trinajstić information content (AvgIpc) is 2.88. The maximum Gasteiger partial charge on any atom is 0.303 e. The Kier molecular flexibility index (Phi) is 26.9. The van der Waals surface area contributed by atoms with Crippen LogP contribution >= 0.6 is 0 Å². The van der Waals surface area contributed by atoms with Gasteiger partial charge in [0, 0.05) is 31.6 Å². The molecule has 4 heteroatoms. The van der Waals surface area contributed by atoms with Crippen LogP contribution in [0, 0.1) is 5.92 Å². The molecule has 0 heterocycles. The van der Waals surface area contributed by atoms with Crippen molar-refractivity contribution in [1.29, 1.82) is 0 Å². The second-order valence-corrected chi connectivity index (χ2v) is 11.4. The summed E-state index contributed by atoms with van der Waals surface area (Å²) >= 11 is 0. The zero-order valence-electron chi connectivity index (χ0n) is 24.8. The standard InChI is InChI=1S/C33H62O4/c1-3-5-7-9-11-13-15-17-19-21-23-25-31(34)29-30(27-28-33(36)37)32(35)26-24-22-20-18-16-14-12-10-8-6-4-2/h30H,3-29H2,1-2H3,(H,36,37). The summed E-state index contributed by atoms with van der Waals surface area (Å²) in [7, 11) is 0. The molecule has 0 aromatic rings. The molecule has 0 aliphatic carbocycles. The monoisotopic (exact) mass is 522 g/mol. The highest BCUT2D eigenvalue weighted by atomic mass is 16.4. The van der Waals surface area contributed by atoms with Crippen LogP contribution in [0.3, 0.4) is 0 Å². The van der Waals surface area contributed by atoms with Crippen molar-refractivity contribution in [3.05, 3.63) is 0 Å². The minimum absolute atomic E-state index is 0.0274. The molecule has 0 aliphatic heterocycles. The van der Waals surface area contributed by atoms with E-state index < -0.39 is 11.9 Å². The highest BCUT2D eigenvalue weighted by molar-refractivity contribution is 5.88. The minimum Gasteiger partial charge on any atom is -0.481 e. The molecular weight excluding hydrogens is 460 g/mol. The highest BCUT2D eigenvalue weighted by Gasteiger charge is 2.22. The molecule has 0 aromatic heterocycles. The van der Waals surface area contributed by atoms with Gasteiger partial charge in [-0.25, -0.2) is 0 Å². The number of carboxylic acids is 1. The fourth-order valence-electron chi connectivity index (χ4n) is 5.21. The maximum absolute atomic E-state index is 12.8. The van der Waals surface area contributed by atoms with Crippen molar-refractivity contribution in [3.8, 4) is 0 Å². The number of carbonyl (C=O) groups excluding carboxylic acids is 2. The van der Waals surface area contributed by atoms with Crippen molar-refractivity contribution in [2.75, 3.05) is 0 Å². The molecule has 0 bridgehead atoms. The van der Waals surface area contributed by atoms with Crippen LogP contribution < -0.4 is 0 Å². The first kappa shape index (κ1) is 35.8.